The van der Waals surface area contributed by atoms with Gasteiger partial charge in [-0.15, -0.1) is 0 Å². The normalized spacial score (nSPS) is 13.2. The van der Waals surface area contributed by atoms with E-state index in [2.05, 4.69) is 12.1 Å². The molecule has 0 aliphatic carbocycles. The van der Waals surface area contributed by atoms with E-state index in [0.717, 1.165) is 5.56 Å². The van der Waals surface area contributed by atoms with Crippen LogP contribution in [0.2, 0.25) is 0 Å². The van der Waals surface area contributed by atoms with Crippen LogP contribution in [0.1, 0.15) is 17.0 Å². The van der Waals surface area contributed by atoms with Crippen molar-refractivity contribution in [1.82, 2.24) is 5.01 Å². The lowest BCUT2D eigenvalue weighted by atomic mass is 9.99. The largest absolute Gasteiger partial charge is 0.396 e. The average molecular weight is 194 g/mol. The molecule has 0 aliphatic rings. The number of aliphatic hydroxyl groups excluding tert-OH is 1. The molecule has 0 saturated heterocycles. The van der Waals surface area contributed by atoms with Gasteiger partial charge in [-0.2, -0.15) is 0 Å². The summed E-state index contributed by atoms with van der Waals surface area (Å²) in [5, 5.41) is 10.8. The fourth-order valence-electron chi connectivity index (χ4n) is 1.45. The number of hydrogen-bond acceptors (Lipinski definition) is 3. The molecule has 0 aliphatic heterocycles. The van der Waals surface area contributed by atoms with Crippen molar-refractivity contribution in [3.63, 3.8) is 0 Å². The topological polar surface area (TPSA) is 49.5 Å². The Balaban J connectivity index is 2.73. The highest BCUT2D eigenvalue weighted by Crippen LogP contribution is 2.16. The molecule has 1 rings (SSSR count). The first-order valence-electron chi connectivity index (χ1n) is 4.76. The van der Waals surface area contributed by atoms with Crippen molar-refractivity contribution in [2.45, 2.75) is 12.8 Å². The fraction of sp³-hybridized carbons (Fsp3) is 0.455. The zero-order chi connectivity index (χ0) is 10.6. The van der Waals surface area contributed by atoms with Crippen molar-refractivity contribution >= 4 is 0 Å². The maximum Gasteiger partial charge on any atom is 0.0512 e. The quantitative estimate of drug-likeness (QED) is 0.552. The standard InChI is InChI=1S/C11H18N2O/c1-9-3-5-10(6-4-9)11(8-14)7-13(2)12/h3-6,11,14H,7-8,12H2,1-2H3. The second kappa shape index (κ2) is 5.10. The Morgan fingerprint density at radius 3 is 2.36 bits per heavy atom. The molecule has 1 aromatic rings. The maximum atomic E-state index is 9.22. The Bertz CT molecular complexity index is 269. The van der Waals surface area contributed by atoms with Gasteiger partial charge in [0.1, 0.15) is 0 Å². The Labute approximate surface area is 85.1 Å². The first-order chi connectivity index (χ1) is 6.63. The third kappa shape index (κ3) is 3.10. The summed E-state index contributed by atoms with van der Waals surface area (Å²) in [5.74, 6) is 5.66. The van der Waals surface area contributed by atoms with Crippen molar-refractivity contribution in [3.8, 4) is 0 Å². The van der Waals surface area contributed by atoms with Gasteiger partial charge in [-0.25, -0.2) is 5.01 Å². The van der Waals surface area contributed by atoms with Crippen molar-refractivity contribution in [2.75, 3.05) is 20.2 Å². The van der Waals surface area contributed by atoms with Crippen LogP contribution in [0.3, 0.4) is 0 Å². The molecular formula is C11H18N2O. The fourth-order valence-corrected chi connectivity index (χ4v) is 1.45. The maximum absolute atomic E-state index is 9.22. The van der Waals surface area contributed by atoms with E-state index in [-0.39, 0.29) is 12.5 Å². The van der Waals surface area contributed by atoms with Gasteiger partial charge in [0.25, 0.3) is 0 Å². The number of likely N-dealkylation sites (N-methyl/N-ethyl adjacent to an activating group) is 1. The zero-order valence-electron chi connectivity index (χ0n) is 8.77. The molecule has 78 valence electrons. The zero-order valence-corrected chi connectivity index (χ0v) is 8.77. The van der Waals surface area contributed by atoms with E-state index in [1.54, 1.807) is 12.1 Å². The second-order valence-corrected chi connectivity index (χ2v) is 3.73. The summed E-state index contributed by atoms with van der Waals surface area (Å²) in [5.41, 5.74) is 2.36. The first-order valence-corrected chi connectivity index (χ1v) is 4.76. The highest BCUT2D eigenvalue weighted by Gasteiger charge is 2.10. The minimum atomic E-state index is 0.102. The molecule has 0 saturated carbocycles. The summed E-state index contributed by atoms with van der Waals surface area (Å²) in [6, 6.07) is 8.18. The molecule has 0 radical (unpaired) electrons. The smallest absolute Gasteiger partial charge is 0.0512 e. The number of rotatable bonds is 4. The van der Waals surface area contributed by atoms with E-state index >= 15 is 0 Å². The third-order valence-corrected chi connectivity index (χ3v) is 2.28. The minimum Gasteiger partial charge on any atom is -0.396 e. The highest BCUT2D eigenvalue weighted by molar-refractivity contribution is 5.24. The molecule has 0 spiro atoms. The van der Waals surface area contributed by atoms with E-state index in [4.69, 9.17) is 5.84 Å². The number of hydrogen-bond donors (Lipinski definition) is 2. The second-order valence-electron chi connectivity index (χ2n) is 3.73. The van der Waals surface area contributed by atoms with Gasteiger partial charge in [0.15, 0.2) is 0 Å². The molecule has 1 unspecified atom stereocenters. The Morgan fingerprint density at radius 1 is 1.36 bits per heavy atom. The number of nitrogens with zero attached hydrogens (tertiary/aromatic N) is 1. The van der Waals surface area contributed by atoms with Gasteiger partial charge < -0.3 is 5.11 Å². The van der Waals surface area contributed by atoms with Gasteiger partial charge in [-0.1, -0.05) is 29.8 Å². The minimum absolute atomic E-state index is 0.102. The Morgan fingerprint density at radius 2 is 1.93 bits per heavy atom. The predicted octanol–water partition coefficient (Wildman–Crippen LogP) is 0.876. The van der Waals surface area contributed by atoms with Gasteiger partial charge in [-0.3, -0.25) is 5.84 Å². The van der Waals surface area contributed by atoms with E-state index in [9.17, 15) is 5.11 Å². The van der Waals surface area contributed by atoms with E-state index in [1.165, 1.54) is 5.56 Å². The summed E-state index contributed by atoms with van der Waals surface area (Å²) in [7, 11) is 1.80. The van der Waals surface area contributed by atoms with Crippen LogP contribution in [0.5, 0.6) is 0 Å². The van der Waals surface area contributed by atoms with Crippen LogP contribution in [-0.4, -0.2) is 30.3 Å². The van der Waals surface area contributed by atoms with Crippen LogP contribution in [0.15, 0.2) is 24.3 Å². The van der Waals surface area contributed by atoms with Crippen molar-refractivity contribution < 1.29 is 5.11 Å². The SMILES string of the molecule is Cc1ccc(C(CO)CN(C)N)cc1. The first kappa shape index (κ1) is 11.2. The van der Waals surface area contributed by atoms with Crippen molar-refractivity contribution in [1.29, 1.82) is 0 Å². The number of hydrazine groups is 1. The summed E-state index contributed by atoms with van der Waals surface area (Å²) in [6.07, 6.45) is 0. The highest BCUT2D eigenvalue weighted by atomic mass is 16.3. The van der Waals surface area contributed by atoms with E-state index < -0.39 is 0 Å². The number of benzene rings is 1. The van der Waals surface area contributed by atoms with Gasteiger partial charge >= 0.3 is 0 Å². The van der Waals surface area contributed by atoms with Crippen LogP contribution < -0.4 is 5.84 Å². The molecular weight excluding hydrogens is 176 g/mol. The molecule has 0 bridgehead atoms. The molecule has 3 N–H and O–H groups in total. The van der Waals surface area contributed by atoms with Crippen LogP contribution in [0.4, 0.5) is 0 Å². The third-order valence-electron chi connectivity index (χ3n) is 2.28. The number of aryl methyl sites for hydroxylation is 1. The van der Waals surface area contributed by atoms with Crippen LogP contribution in [0.25, 0.3) is 0 Å². The van der Waals surface area contributed by atoms with Crippen LogP contribution in [0, 0.1) is 6.92 Å². The monoisotopic (exact) mass is 194 g/mol. The molecule has 0 aromatic heterocycles. The summed E-state index contributed by atoms with van der Waals surface area (Å²) >= 11 is 0. The van der Waals surface area contributed by atoms with Crippen molar-refractivity contribution in [3.05, 3.63) is 35.4 Å². The Kier molecular flexibility index (Phi) is 4.07. The lowest BCUT2D eigenvalue weighted by Crippen LogP contribution is -2.32. The molecule has 1 aromatic carbocycles. The lowest BCUT2D eigenvalue weighted by Gasteiger charge is -2.19. The molecule has 1 atom stereocenters. The van der Waals surface area contributed by atoms with Crippen LogP contribution in [-0.2, 0) is 0 Å². The summed E-state index contributed by atoms with van der Waals surface area (Å²) in [6.45, 7) is 2.84. The molecule has 0 amide bonds. The molecule has 3 nitrogen and oxygen atoms in total. The van der Waals surface area contributed by atoms with Gasteiger partial charge in [0.05, 0.1) is 6.61 Å². The van der Waals surface area contributed by atoms with Crippen molar-refractivity contribution in [2.24, 2.45) is 5.84 Å². The number of nitrogens with two attached hydrogens (primary N) is 1. The van der Waals surface area contributed by atoms with Gasteiger partial charge in [0, 0.05) is 19.5 Å². The summed E-state index contributed by atoms with van der Waals surface area (Å²) in [4.78, 5) is 0. The lowest BCUT2D eigenvalue weighted by molar-refractivity contribution is 0.222. The van der Waals surface area contributed by atoms with E-state index in [1.807, 2.05) is 19.1 Å². The predicted molar refractivity (Wildman–Crippen MR) is 57.8 cm³/mol. The van der Waals surface area contributed by atoms with Crippen LogP contribution >= 0.6 is 0 Å². The summed E-state index contributed by atoms with van der Waals surface area (Å²) < 4.78 is 0. The Hall–Kier alpha value is -0.900. The van der Waals surface area contributed by atoms with Gasteiger partial charge in [-0.05, 0) is 12.5 Å². The number of aliphatic hydroxyl groups is 1. The molecule has 0 fully saturated rings. The van der Waals surface area contributed by atoms with E-state index in [0.29, 0.717) is 6.54 Å². The van der Waals surface area contributed by atoms with Gasteiger partial charge in [0.2, 0.25) is 0 Å². The molecule has 14 heavy (non-hydrogen) atoms. The molecule has 3 heteroatoms. The average Bonchev–Trinajstić information content (AvgIpc) is 2.15. The molecule has 0 heterocycles.